The molecule has 2 heterocycles. The molecule has 0 saturated carbocycles. The quantitative estimate of drug-likeness (QED) is 0.333. The fourth-order valence-electron chi connectivity index (χ4n) is 3.26. The van der Waals surface area contributed by atoms with Crippen LogP contribution in [0.1, 0.15) is 29.7 Å². The molecule has 0 aliphatic carbocycles. The number of guanidine groups is 1. The molecule has 29 heavy (non-hydrogen) atoms. The second-order valence-electron chi connectivity index (χ2n) is 6.26. The van der Waals surface area contributed by atoms with E-state index in [9.17, 15) is 5.26 Å². The number of nitrogens with zero attached hydrogens (tertiary/aromatic N) is 5. The largest absolute Gasteiger partial charge is 0.397 e. The van der Waals surface area contributed by atoms with Gasteiger partial charge in [0.1, 0.15) is 29.3 Å². The van der Waals surface area contributed by atoms with Gasteiger partial charge in [-0.15, -0.1) is 11.6 Å². The number of halogens is 1. The maximum absolute atomic E-state index is 9.39. The van der Waals surface area contributed by atoms with Crippen LogP contribution >= 0.6 is 11.6 Å². The van der Waals surface area contributed by atoms with Gasteiger partial charge in [0.2, 0.25) is 5.96 Å². The lowest BCUT2D eigenvalue weighted by molar-refractivity contribution is 0.841. The van der Waals surface area contributed by atoms with E-state index in [1.54, 1.807) is 0 Å². The molecule has 1 aromatic carbocycles. The molecular formula is C19H20ClN9. The first-order valence-corrected chi connectivity index (χ1v) is 9.47. The normalized spacial score (nSPS) is 14.6. The minimum atomic E-state index is -0.556. The average molecular weight is 410 g/mol. The molecule has 1 unspecified atom stereocenters. The number of aromatic nitrogens is 1. The molecule has 0 saturated heterocycles. The molecule has 0 spiro atoms. The maximum Gasteiger partial charge on any atom is 0.211 e. The highest BCUT2D eigenvalue weighted by atomic mass is 35.5. The van der Waals surface area contributed by atoms with E-state index in [4.69, 9.17) is 28.3 Å². The minimum absolute atomic E-state index is 0.0169. The number of aliphatic imine (C=N–C) groups is 1. The molecule has 2 aromatic rings. The third-order valence-corrected chi connectivity index (χ3v) is 4.84. The Morgan fingerprint density at radius 3 is 2.59 bits per heavy atom. The fourth-order valence-corrected chi connectivity index (χ4v) is 3.47. The van der Waals surface area contributed by atoms with Crippen molar-refractivity contribution in [1.82, 2.24) is 10.3 Å². The Kier molecular flexibility index (Phi) is 5.91. The van der Waals surface area contributed by atoms with Crippen LogP contribution in [0.25, 0.3) is 0 Å². The SMILES string of the molecule is CCN(CCCl)c1ccc(C2N=C(NC#N)Nc3nc(N)c(C#N)c(N)c32)cc1. The first kappa shape index (κ1) is 20.1. The highest BCUT2D eigenvalue weighted by molar-refractivity contribution is 6.18. The minimum Gasteiger partial charge on any atom is -0.397 e. The van der Waals surface area contributed by atoms with Gasteiger partial charge in [-0.2, -0.15) is 10.5 Å². The summed E-state index contributed by atoms with van der Waals surface area (Å²) in [5.74, 6) is 1.13. The summed E-state index contributed by atoms with van der Waals surface area (Å²) in [6.07, 6.45) is 1.83. The molecule has 1 atom stereocenters. The number of fused-ring (bicyclic) bond motifs is 1. The predicted molar refractivity (Wildman–Crippen MR) is 114 cm³/mol. The van der Waals surface area contributed by atoms with Crippen LogP contribution < -0.4 is 27.0 Å². The number of hydrogen-bond donors (Lipinski definition) is 4. The molecule has 0 fully saturated rings. The summed E-state index contributed by atoms with van der Waals surface area (Å²) in [5, 5.41) is 23.8. The number of rotatable bonds is 5. The Bertz CT molecular complexity index is 1020. The molecule has 0 bridgehead atoms. The van der Waals surface area contributed by atoms with Crippen LogP contribution in [0.15, 0.2) is 29.3 Å². The lowest BCUT2D eigenvalue weighted by atomic mass is 9.95. The van der Waals surface area contributed by atoms with E-state index < -0.39 is 6.04 Å². The highest BCUT2D eigenvalue weighted by Gasteiger charge is 2.29. The van der Waals surface area contributed by atoms with Crippen molar-refractivity contribution in [2.75, 3.05) is 40.7 Å². The number of benzene rings is 1. The Balaban J connectivity index is 2.09. The number of pyridine rings is 1. The Morgan fingerprint density at radius 2 is 2.00 bits per heavy atom. The standard InChI is InChI=1S/C19H20ClN9/c1-2-29(8-7-20)12-5-3-11(4-6-12)16-14-15(23)13(9-21)17(24)27-18(14)28-19(26-16)25-10-22/h3-6,16H,2,7-8H2,1H3,(H6,23,24,25,26,27,28). The summed E-state index contributed by atoms with van der Waals surface area (Å²) in [6.45, 7) is 3.63. The molecule has 9 nitrogen and oxygen atoms in total. The van der Waals surface area contributed by atoms with Crippen molar-refractivity contribution in [2.45, 2.75) is 13.0 Å². The van der Waals surface area contributed by atoms with E-state index in [1.807, 2.05) is 36.5 Å². The van der Waals surface area contributed by atoms with Crippen molar-refractivity contribution in [3.63, 3.8) is 0 Å². The van der Waals surface area contributed by atoms with Crippen molar-refractivity contribution < 1.29 is 0 Å². The Hall–Kier alpha value is -3.69. The molecule has 148 valence electrons. The van der Waals surface area contributed by atoms with Crippen molar-refractivity contribution in [1.29, 1.82) is 10.5 Å². The summed E-state index contributed by atoms with van der Waals surface area (Å²) in [4.78, 5) is 11.0. The summed E-state index contributed by atoms with van der Waals surface area (Å²) < 4.78 is 0. The lowest BCUT2D eigenvalue weighted by Crippen LogP contribution is -2.32. The molecule has 10 heteroatoms. The van der Waals surface area contributed by atoms with Crippen LogP contribution in [0.4, 0.5) is 23.0 Å². The first-order valence-electron chi connectivity index (χ1n) is 8.93. The summed E-state index contributed by atoms with van der Waals surface area (Å²) in [7, 11) is 0. The average Bonchev–Trinajstić information content (AvgIpc) is 2.72. The second-order valence-corrected chi connectivity index (χ2v) is 6.64. The lowest BCUT2D eigenvalue weighted by Gasteiger charge is -2.27. The van der Waals surface area contributed by atoms with Gasteiger partial charge in [0.05, 0.1) is 5.69 Å². The van der Waals surface area contributed by atoms with E-state index >= 15 is 0 Å². The fraction of sp³-hybridized carbons (Fsp3) is 0.263. The van der Waals surface area contributed by atoms with Crippen LogP contribution in [0.2, 0.25) is 0 Å². The summed E-state index contributed by atoms with van der Waals surface area (Å²) in [5.41, 5.74) is 14.8. The van der Waals surface area contributed by atoms with Gasteiger partial charge in [-0.1, -0.05) is 12.1 Å². The van der Waals surface area contributed by atoms with E-state index in [1.165, 1.54) is 0 Å². The van der Waals surface area contributed by atoms with Gasteiger partial charge in [-0.25, -0.2) is 9.98 Å². The number of alkyl halides is 1. The third kappa shape index (κ3) is 3.82. The molecular weight excluding hydrogens is 390 g/mol. The third-order valence-electron chi connectivity index (χ3n) is 4.67. The van der Waals surface area contributed by atoms with Crippen LogP contribution in [0, 0.1) is 22.8 Å². The Labute approximate surface area is 173 Å². The number of anilines is 4. The zero-order valence-corrected chi connectivity index (χ0v) is 16.5. The smallest absolute Gasteiger partial charge is 0.211 e. The van der Waals surface area contributed by atoms with Crippen molar-refractivity contribution in [3.8, 4) is 12.3 Å². The van der Waals surface area contributed by atoms with Gasteiger partial charge in [0, 0.05) is 30.2 Å². The van der Waals surface area contributed by atoms with E-state index in [2.05, 4.69) is 32.4 Å². The monoisotopic (exact) mass is 409 g/mol. The molecule has 0 amide bonds. The summed E-state index contributed by atoms with van der Waals surface area (Å²) in [6, 6.07) is 9.26. The first-order chi connectivity index (χ1) is 14.0. The molecule has 0 radical (unpaired) electrons. The van der Waals surface area contributed by atoms with Gasteiger partial charge in [-0.3, -0.25) is 5.32 Å². The Morgan fingerprint density at radius 1 is 1.28 bits per heavy atom. The molecule has 6 N–H and O–H groups in total. The van der Waals surface area contributed by atoms with Crippen LogP contribution in [0.3, 0.4) is 0 Å². The van der Waals surface area contributed by atoms with Crippen LogP contribution in [-0.2, 0) is 0 Å². The molecule has 3 rings (SSSR count). The van der Waals surface area contributed by atoms with Crippen LogP contribution in [0.5, 0.6) is 0 Å². The van der Waals surface area contributed by atoms with Crippen molar-refractivity contribution >= 4 is 40.6 Å². The number of nitriles is 2. The van der Waals surface area contributed by atoms with Crippen molar-refractivity contribution in [3.05, 3.63) is 41.0 Å². The zero-order chi connectivity index (χ0) is 21.0. The number of nitrogens with one attached hydrogen (secondary N) is 2. The van der Waals surface area contributed by atoms with Crippen LogP contribution in [-0.4, -0.2) is 29.9 Å². The second kappa shape index (κ2) is 8.55. The summed E-state index contributed by atoms with van der Waals surface area (Å²) >= 11 is 5.88. The van der Waals surface area contributed by atoms with Crippen molar-refractivity contribution in [2.24, 2.45) is 4.99 Å². The van der Waals surface area contributed by atoms with Gasteiger partial charge in [0.15, 0.2) is 6.19 Å². The molecule has 1 aliphatic heterocycles. The molecule has 1 aromatic heterocycles. The van der Waals surface area contributed by atoms with Gasteiger partial charge in [-0.05, 0) is 24.6 Å². The topological polar surface area (TPSA) is 152 Å². The number of hydrogen-bond acceptors (Lipinski definition) is 9. The van der Waals surface area contributed by atoms with E-state index in [0.29, 0.717) is 17.3 Å². The number of nitrogen functional groups attached to an aromatic ring is 2. The zero-order valence-electron chi connectivity index (χ0n) is 15.8. The van der Waals surface area contributed by atoms with E-state index in [0.717, 1.165) is 24.3 Å². The van der Waals surface area contributed by atoms with E-state index in [-0.39, 0.29) is 23.0 Å². The molecule has 1 aliphatic rings. The highest BCUT2D eigenvalue weighted by Crippen LogP contribution is 2.40. The van der Waals surface area contributed by atoms with Gasteiger partial charge >= 0.3 is 0 Å². The van der Waals surface area contributed by atoms with Gasteiger partial charge in [0.25, 0.3) is 0 Å². The predicted octanol–water partition coefficient (Wildman–Crippen LogP) is 2.12. The van der Waals surface area contributed by atoms with Gasteiger partial charge < -0.3 is 21.7 Å². The maximum atomic E-state index is 9.39. The number of nitrogens with two attached hydrogens (primary N) is 2.